The van der Waals surface area contributed by atoms with Crippen LogP contribution in [0.2, 0.25) is 5.02 Å². The molecule has 0 spiro atoms. The fraction of sp³-hybridized carbons (Fsp3) is 0.100. The van der Waals surface area contributed by atoms with Gasteiger partial charge in [-0.3, -0.25) is 9.36 Å². The molecular weight excluding hydrogens is 384 g/mol. The fourth-order valence-electron chi connectivity index (χ4n) is 2.67. The topological polar surface area (TPSA) is 34.9 Å². The molecule has 0 unspecified atom stereocenters. The van der Waals surface area contributed by atoms with E-state index >= 15 is 0 Å². The van der Waals surface area contributed by atoms with Gasteiger partial charge >= 0.3 is 0 Å². The molecule has 0 aliphatic rings. The Morgan fingerprint density at radius 3 is 2.54 bits per heavy atom. The van der Waals surface area contributed by atoms with Crippen LogP contribution in [0.4, 0.5) is 0 Å². The molecule has 4 rings (SSSR count). The third kappa shape index (κ3) is 3.70. The lowest BCUT2D eigenvalue weighted by Gasteiger charge is -2.12. The quantitative estimate of drug-likeness (QED) is 0.331. The van der Waals surface area contributed by atoms with E-state index in [0.29, 0.717) is 11.2 Å². The Morgan fingerprint density at radius 2 is 1.77 bits per heavy atom. The van der Waals surface area contributed by atoms with Gasteiger partial charge in [-0.25, -0.2) is 4.98 Å². The van der Waals surface area contributed by atoms with E-state index in [1.165, 1.54) is 11.3 Å². The van der Waals surface area contributed by atoms with E-state index in [1.54, 1.807) is 16.3 Å². The molecule has 3 nitrogen and oxygen atoms in total. The van der Waals surface area contributed by atoms with Crippen molar-refractivity contribution in [3.8, 4) is 0 Å². The van der Waals surface area contributed by atoms with Crippen LogP contribution in [0.1, 0.15) is 11.1 Å². The van der Waals surface area contributed by atoms with E-state index < -0.39 is 0 Å². The predicted octanol–water partition coefficient (Wildman–Crippen LogP) is 5.45. The van der Waals surface area contributed by atoms with Gasteiger partial charge in [0.25, 0.3) is 5.56 Å². The molecule has 0 aliphatic carbocycles. The first-order valence-corrected chi connectivity index (χ1v) is 10.3. The molecule has 130 valence electrons. The zero-order valence-electron chi connectivity index (χ0n) is 13.8. The third-order valence-corrected chi connectivity index (χ3v) is 6.19. The lowest BCUT2D eigenvalue weighted by molar-refractivity contribution is 0.659. The molecule has 0 amide bonds. The van der Waals surface area contributed by atoms with Crippen molar-refractivity contribution in [3.05, 3.63) is 92.5 Å². The largest absolute Gasteiger partial charge is 0.282 e. The molecule has 0 fully saturated rings. The van der Waals surface area contributed by atoms with Crippen molar-refractivity contribution < 1.29 is 0 Å². The van der Waals surface area contributed by atoms with Gasteiger partial charge in [-0.2, -0.15) is 0 Å². The number of thioether (sulfide) groups is 1. The molecule has 2 heterocycles. The molecule has 2 aromatic heterocycles. The van der Waals surface area contributed by atoms with Crippen LogP contribution < -0.4 is 5.56 Å². The van der Waals surface area contributed by atoms with Crippen molar-refractivity contribution >= 4 is 44.9 Å². The van der Waals surface area contributed by atoms with Crippen molar-refractivity contribution in [2.45, 2.75) is 17.5 Å². The highest BCUT2D eigenvalue weighted by Crippen LogP contribution is 2.25. The summed E-state index contributed by atoms with van der Waals surface area (Å²) in [5.41, 5.74) is 3.02. The van der Waals surface area contributed by atoms with Crippen LogP contribution in [0.3, 0.4) is 0 Å². The van der Waals surface area contributed by atoms with E-state index in [0.717, 1.165) is 32.6 Å². The van der Waals surface area contributed by atoms with Crippen LogP contribution in [0.15, 0.2) is 76.0 Å². The fourth-order valence-corrected chi connectivity index (χ4v) is 4.53. The second kappa shape index (κ2) is 7.66. The van der Waals surface area contributed by atoms with Crippen molar-refractivity contribution in [2.75, 3.05) is 0 Å². The summed E-state index contributed by atoms with van der Waals surface area (Å²) in [5, 5.41) is 3.37. The predicted molar refractivity (Wildman–Crippen MR) is 110 cm³/mol. The molecule has 0 bridgehead atoms. The molecule has 4 aromatic rings. The molecule has 2 aromatic carbocycles. The summed E-state index contributed by atoms with van der Waals surface area (Å²) in [6.07, 6.45) is 0. The van der Waals surface area contributed by atoms with Crippen LogP contribution in [0.5, 0.6) is 0 Å². The Bertz CT molecular complexity index is 1090. The molecule has 0 aliphatic heterocycles. The van der Waals surface area contributed by atoms with Crippen LogP contribution in [-0.2, 0) is 12.3 Å². The first-order chi connectivity index (χ1) is 12.7. The average Bonchev–Trinajstić information content (AvgIpc) is 3.13. The number of thiophene rings is 1. The smallest absolute Gasteiger partial charge is 0.272 e. The first kappa shape index (κ1) is 17.3. The van der Waals surface area contributed by atoms with E-state index in [4.69, 9.17) is 16.6 Å². The maximum absolute atomic E-state index is 13.0. The lowest BCUT2D eigenvalue weighted by atomic mass is 10.2. The second-order valence-electron chi connectivity index (χ2n) is 5.82. The summed E-state index contributed by atoms with van der Waals surface area (Å²) in [5.74, 6) is 0.730. The number of benzene rings is 2. The van der Waals surface area contributed by atoms with Gasteiger partial charge in [0.2, 0.25) is 0 Å². The highest BCUT2D eigenvalue weighted by Gasteiger charge is 2.13. The zero-order valence-corrected chi connectivity index (χ0v) is 16.2. The number of nitrogens with zero attached hydrogens (tertiary/aromatic N) is 2. The summed E-state index contributed by atoms with van der Waals surface area (Å²) in [6, 6.07) is 19.7. The molecule has 0 saturated carbocycles. The highest BCUT2D eigenvalue weighted by molar-refractivity contribution is 7.98. The number of aromatic nitrogens is 2. The van der Waals surface area contributed by atoms with Gasteiger partial charge in [-0.15, -0.1) is 11.3 Å². The Morgan fingerprint density at radius 1 is 1.00 bits per heavy atom. The lowest BCUT2D eigenvalue weighted by Crippen LogP contribution is -2.23. The summed E-state index contributed by atoms with van der Waals surface area (Å²) in [4.78, 5) is 17.7. The summed E-state index contributed by atoms with van der Waals surface area (Å²) < 4.78 is 2.48. The van der Waals surface area contributed by atoms with E-state index in [2.05, 4.69) is 0 Å². The maximum Gasteiger partial charge on any atom is 0.272 e. The van der Waals surface area contributed by atoms with E-state index in [1.807, 2.05) is 66.0 Å². The van der Waals surface area contributed by atoms with Crippen molar-refractivity contribution in [1.82, 2.24) is 9.55 Å². The molecule has 0 atom stereocenters. The molecule has 0 saturated heterocycles. The highest BCUT2D eigenvalue weighted by atomic mass is 35.5. The average molecular weight is 399 g/mol. The Kier molecular flexibility index (Phi) is 5.11. The van der Waals surface area contributed by atoms with Gasteiger partial charge in [0, 0.05) is 10.8 Å². The Hall–Kier alpha value is -2.08. The van der Waals surface area contributed by atoms with Gasteiger partial charge in [0.15, 0.2) is 5.16 Å². The standard InChI is InChI=1S/C20H15ClN2OS2/c21-16-8-6-15(7-9-16)13-26-20-22-17-10-11-25-18(17)19(24)23(20)12-14-4-2-1-3-5-14/h1-11H,12-13H2. The normalized spacial score (nSPS) is 11.1. The second-order valence-corrected chi connectivity index (χ2v) is 8.12. The summed E-state index contributed by atoms with van der Waals surface area (Å²) in [6.45, 7) is 0.517. The summed E-state index contributed by atoms with van der Waals surface area (Å²) in [7, 11) is 0. The van der Waals surface area contributed by atoms with Gasteiger partial charge in [0.1, 0.15) is 4.70 Å². The van der Waals surface area contributed by atoms with Crippen molar-refractivity contribution in [2.24, 2.45) is 0 Å². The first-order valence-electron chi connectivity index (χ1n) is 8.10. The number of hydrogen-bond acceptors (Lipinski definition) is 4. The monoisotopic (exact) mass is 398 g/mol. The minimum absolute atomic E-state index is 0.0208. The minimum Gasteiger partial charge on any atom is -0.282 e. The van der Waals surface area contributed by atoms with Crippen LogP contribution in [-0.4, -0.2) is 9.55 Å². The number of fused-ring (bicyclic) bond motifs is 1. The third-order valence-electron chi connectivity index (χ3n) is 4.00. The van der Waals surface area contributed by atoms with Crippen LogP contribution in [0, 0.1) is 0 Å². The Balaban J connectivity index is 1.70. The molecule has 0 N–H and O–H groups in total. The maximum atomic E-state index is 13.0. The molecule has 26 heavy (non-hydrogen) atoms. The van der Waals surface area contributed by atoms with Gasteiger partial charge < -0.3 is 0 Å². The van der Waals surface area contributed by atoms with Gasteiger partial charge in [0.05, 0.1) is 12.1 Å². The molecular formula is C20H15ClN2OS2. The number of rotatable bonds is 5. The van der Waals surface area contributed by atoms with Gasteiger partial charge in [-0.1, -0.05) is 65.8 Å². The zero-order chi connectivity index (χ0) is 17.9. The summed E-state index contributed by atoms with van der Waals surface area (Å²) >= 11 is 8.97. The van der Waals surface area contributed by atoms with E-state index in [9.17, 15) is 4.79 Å². The number of hydrogen-bond donors (Lipinski definition) is 0. The number of halogens is 1. The van der Waals surface area contributed by atoms with Crippen LogP contribution in [0.25, 0.3) is 10.2 Å². The van der Waals surface area contributed by atoms with Crippen LogP contribution >= 0.6 is 34.7 Å². The SMILES string of the molecule is O=c1c2sccc2nc(SCc2ccc(Cl)cc2)n1Cc1ccccc1. The van der Waals surface area contributed by atoms with E-state index in [-0.39, 0.29) is 5.56 Å². The minimum atomic E-state index is 0.0208. The molecule has 6 heteroatoms. The van der Waals surface area contributed by atoms with Crippen molar-refractivity contribution in [3.63, 3.8) is 0 Å². The Labute approximate surface area is 164 Å². The molecule has 0 radical (unpaired) electrons. The van der Waals surface area contributed by atoms with Gasteiger partial charge in [-0.05, 0) is 34.7 Å². The van der Waals surface area contributed by atoms with Crippen molar-refractivity contribution in [1.29, 1.82) is 0 Å².